The van der Waals surface area contributed by atoms with E-state index >= 15 is 0 Å². The molecule has 114 valence electrons. The molecule has 1 aliphatic carbocycles. The first-order valence-corrected chi connectivity index (χ1v) is 7.08. The Balaban J connectivity index is 1.97. The summed E-state index contributed by atoms with van der Waals surface area (Å²) in [5.41, 5.74) is 11.4. The van der Waals surface area contributed by atoms with Crippen LogP contribution in [0.25, 0.3) is 0 Å². The molecule has 0 aromatic heterocycles. The van der Waals surface area contributed by atoms with Crippen molar-refractivity contribution in [3.8, 4) is 5.75 Å². The van der Waals surface area contributed by atoms with Gasteiger partial charge in [0.25, 0.3) is 5.91 Å². The number of amides is 1. The van der Waals surface area contributed by atoms with Crippen molar-refractivity contribution in [2.24, 2.45) is 5.73 Å². The zero-order valence-corrected chi connectivity index (χ0v) is 11.8. The van der Waals surface area contributed by atoms with Gasteiger partial charge in [-0.1, -0.05) is 6.42 Å². The van der Waals surface area contributed by atoms with Gasteiger partial charge in [-0.2, -0.15) is 0 Å². The van der Waals surface area contributed by atoms with Gasteiger partial charge in [-0.25, -0.2) is 4.79 Å². The minimum Gasteiger partial charge on any atom is -0.482 e. The maximum Gasteiger partial charge on any atom is 0.338 e. The van der Waals surface area contributed by atoms with Crippen molar-refractivity contribution in [1.29, 1.82) is 0 Å². The number of anilines is 1. The van der Waals surface area contributed by atoms with Crippen LogP contribution >= 0.6 is 0 Å². The van der Waals surface area contributed by atoms with E-state index in [1.54, 1.807) is 6.07 Å². The predicted octanol–water partition coefficient (Wildman–Crippen LogP) is 1.62. The Hall–Kier alpha value is -2.24. The van der Waals surface area contributed by atoms with E-state index in [9.17, 15) is 9.59 Å². The molecule has 0 saturated heterocycles. The van der Waals surface area contributed by atoms with Gasteiger partial charge in [-0.15, -0.1) is 0 Å². The fourth-order valence-electron chi connectivity index (χ4n) is 2.36. The van der Waals surface area contributed by atoms with Gasteiger partial charge in [0.2, 0.25) is 0 Å². The highest BCUT2D eigenvalue weighted by molar-refractivity contribution is 5.91. The number of benzene rings is 1. The molecule has 1 amide bonds. The van der Waals surface area contributed by atoms with Gasteiger partial charge in [0, 0.05) is 0 Å². The van der Waals surface area contributed by atoms with E-state index in [0.29, 0.717) is 11.3 Å². The number of hydrogen-bond donors (Lipinski definition) is 2. The van der Waals surface area contributed by atoms with Crippen LogP contribution in [0.5, 0.6) is 5.75 Å². The van der Waals surface area contributed by atoms with Gasteiger partial charge < -0.3 is 20.9 Å². The number of primary amides is 1. The molecular weight excluding hydrogens is 272 g/mol. The summed E-state index contributed by atoms with van der Waals surface area (Å²) in [6, 6.07) is 4.59. The lowest BCUT2D eigenvalue weighted by molar-refractivity contribution is -0.119. The smallest absolute Gasteiger partial charge is 0.338 e. The molecule has 0 bridgehead atoms. The maximum absolute atomic E-state index is 12.0. The Kier molecular flexibility index (Phi) is 5.03. The molecule has 1 aliphatic rings. The first-order chi connectivity index (χ1) is 10.1. The van der Waals surface area contributed by atoms with E-state index in [0.717, 1.165) is 25.7 Å². The molecule has 4 N–H and O–H groups in total. The van der Waals surface area contributed by atoms with Crippen LogP contribution in [-0.4, -0.2) is 24.6 Å². The van der Waals surface area contributed by atoms with Crippen molar-refractivity contribution in [1.82, 2.24) is 0 Å². The molecule has 21 heavy (non-hydrogen) atoms. The Morgan fingerprint density at radius 1 is 1.19 bits per heavy atom. The monoisotopic (exact) mass is 292 g/mol. The summed E-state index contributed by atoms with van der Waals surface area (Å²) in [6.45, 7) is -0.254. The minimum atomic E-state index is -0.588. The number of nitrogens with two attached hydrogens (primary N) is 2. The molecule has 0 aliphatic heterocycles. The lowest BCUT2D eigenvalue weighted by atomic mass is 9.98. The van der Waals surface area contributed by atoms with Gasteiger partial charge in [-0.05, 0) is 43.9 Å². The van der Waals surface area contributed by atoms with E-state index in [1.807, 2.05) is 0 Å². The molecule has 2 rings (SSSR count). The SMILES string of the molecule is NC(=O)COc1ccc(C(=O)OC2CCCCC2)cc1N. The van der Waals surface area contributed by atoms with Crippen LogP contribution in [0, 0.1) is 0 Å². The highest BCUT2D eigenvalue weighted by Gasteiger charge is 2.19. The van der Waals surface area contributed by atoms with Crippen molar-refractivity contribution in [3.63, 3.8) is 0 Å². The highest BCUT2D eigenvalue weighted by Crippen LogP contribution is 2.25. The van der Waals surface area contributed by atoms with Gasteiger partial charge in [0.15, 0.2) is 6.61 Å². The summed E-state index contributed by atoms with van der Waals surface area (Å²) >= 11 is 0. The standard InChI is InChI=1S/C15H20N2O4/c16-12-8-10(6-7-13(12)20-9-14(17)18)15(19)21-11-4-2-1-3-5-11/h6-8,11H,1-5,9,16H2,(H2,17,18). The molecule has 6 nitrogen and oxygen atoms in total. The normalized spacial score (nSPS) is 15.4. The van der Waals surface area contributed by atoms with Crippen molar-refractivity contribution in [2.75, 3.05) is 12.3 Å². The van der Waals surface area contributed by atoms with Gasteiger partial charge in [-0.3, -0.25) is 4.79 Å². The molecule has 0 heterocycles. The third-order valence-corrected chi connectivity index (χ3v) is 3.44. The largest absolute Gasteiger partial charge is 0.482 e. The first-order valence-electron chi connectivity index (χ1n) is 7.08. The Morgan fingerprint density at radius 3 is 2.52 bits per heavy atom. The number of ether oxygens (including phenoxy) is 2. The average Bonchev–Trinajstić information content (AvgIpc) is 2.46. The van der Waals surface area contributed by atoms with E-state index in [2.05, 4.69) is 0 Å². The summed E-state index contributed by atoms with van der Waals surface area (Å²) in [7, 11) is 0. The van der Waals surface area contributed by atoms with Gasteiger partial charge in [0.05, 0.1) is 11.3 Å². The second-order valence-corrected chi connectivity index (χ2v) is 5.17. The van der Waals surface area contributed by atoms with Crippen LogP contribution in [-0.2, 0) is 9.53 Å². The molecule has 0 spiro atoms. The van der Waals surface area contributed by atoms with Crippen molar-refractivity contribution >= 4 is 17.6 Å². The minimum absolute atomic E-state index is 0.00161. The average molecular weight is 292 g/mol. The van der Waals surface area contributed by atoms with Crippen LogP contribution in [0.2, 0.25) is 0 Å². The molecule has 1 aromatic carbocycles. The van der Waals surface area contributed by atoms with E-state index in [1.165, 1.54) is 18.6 Å². The van der Waals surface area contributed by atoms with Crippen molar-refractivity contribution in [3.05, 3.63) is 23.8 Å². The predicted molar refractivity (Wildman–Crippen MR) is 77.8 cm³/mol. The van der Waals surface area contributed by atoms with Crippen LogP contribution in [0.1, 0.15) is 42.5 Å². The van der Waals surface area contributed by atoms with Crippen molar-refractivity contribution in [2.45, 2.75) is 38.2 Å². The number of carbonyl (C=O) groups is 2. The zero-order chi connectivity index (χ0) is 15.2. The van der Waals surface area contributed by atoms with E-state index in [-0.39, 0.29) is 24.4 Å². The van der Waals surface area contributed by atoms with Crippen LogP contribution in [0.3, 0.4) is 0 Å². The number of carbonyl (C=O) groups excluding carboxylic acids is 2. The third kappa shape index (κ3) is 4.37. The molecular formula is C15H20N2O4. The number of rotatable bonds is 5. The lowest BCUT2D eigenvalue weighted by Gasteiger charge is -2.21. The van der Waals surface area contributed by atoms with Crippen LogP contribution < -0.4 is 16.2 Å². The van der Waals surface area contributed by atoms with Gasteiger partial charge >= 0.3 is 5.97 Å². The molecule has 6 heteroatoms. The quantitative estimate of drug-likeness (QED) is 0.634. The Labute approximate surface area is 123 Å². The van der Waals surface area contributed by atoms with Gasteiger partial charge in [0.1, 0.15) is 11.9 Å². The lowest BCUT2D eigenvalue weighted by Crippen LogP contribution is -2.21. The molecule has 0 atom stereocenters. The fourth-order valence-corrected chi connectivity index (χ4v) is 2.36. The molecule has 0 radical (unpaired) electrons. The summed E-state index contributed by atoms with van der Waals surface area (Å²) in [6.07, 6.45) is 5.23. The second kappa shape index (κ2) is 6.97. The number of hydrogen-bond acceptors (Lipinski definition) is 5. The summed E-state index contributed by atoms with van der Waals surface area (Å²) < 4.78 is 10.6. The number of nitrogen functional groups attached to an aromatic ring is 1. The Bertz CT molecular complexity index is 524. The molecule has 1 fully saturated rings. The summed E-state index contributed by atoms with van der Waals surface area (Å²) in [4.78, 5) is 22.7. The van der Waals surface area contributed by atoms with E-state index < -0.39 is 5.91 Å². The zero-order valence-electron chi connectivity index (χ0n) is 11.8. The Morgan fingerprint density at radius 2 is 1.90 bits per heavy atom. The van der Waals surface area contributed by atoms with Crippen molar-refractivity contribution < 1.29 is 19.1 Å². The van der Waals surface area contributed by atoms with Crippen LogP contribution in [0.15, 0.2) is 18.2 Å². The maximum atomic E-state index is 12.0. The first kappa shape index (κ1) is 15.2. The number of esters is 1. The highest BCUT2D eigenvalue weighted by atomic mass is 16.5. The van der Waals surface area contributed by atoms with E-state index in [4.69, 9.17) is 20.9 Å². The summed E-state index contributed by atoms with van der Waals surface area (Å²) in [5.74, 6) is -0.645. The molecule has 1 saturated carbocycles. The fraction of sp³-hybridized carbons (Fsp3) is 0.467. The van der Waals surface area contributed by atoms with Crippen LogP contribution in [0.4, 0.5) is 5.69 Å². The second-order valence-electron chi connectivity index (χ2n) is 5.17. The summed E-state index contributed by atoms with van der Waals surface area (Å²) in [5, 5.41) is 0. The topological polar surface area (TPSA) is 105 Å². The molecule has 0 unspecified atom stereocenters. The third-order valence-electron chi connectivity index (χ3n) is 3.44. The molecule has 1 aromatic rings.